The van der Waals surface area contributed by atoms with Crippen molar-refractivity contribution in [1.29, 1.82) is 0 Å². The fourth-order valence-corrected chi connectivity index (χ4v) is 3.55. The van der Waals surface area contributed by atoms with Crippen LogP contribution in [0.3, 0.4) is 0 Å². The average Bonchev–Trinajstić information content (AvgIpc) is 2.75. The Morgan fingerprint density at radius 3 is 2.57 bits per heavy atom. The van der Waals surface area contributed by atoms with Gasteiger partial charge in [0.2, 0.25) is 0 Å². The molecule has 0 aliphatic carbocycles. The molecule has 1 aliphatic heterocycles. The molecule has 3 rings (SSSR count). The Morgan fingerprint density at radius 1 is 1.13 bits per heavy atom. The molecule has 1 aliphatic rings. The first-order valence-electron chi connectivity index (χ1n) is 11.0. The number of aromatic nitrogens is 2. The Hall–Kier alpha value is -2.31. The standard InChI is InChI=1S/C24H32N2O4/c1-18(29-23-10-6-7-15-28-23)8-4-3-5-9-20-16-25-24(26-17-20)21-11-13-22(14-12-21)30-19(2)27/h11-14,16-18,23H,3-10,15H2,1-2H3. The largest absolute Gasteiger partial charge is 0.427 e. The van der Waals surface area contributed by atoms with E-state index in [9.17, 15) is 4.79 Å². The lowest BCUT2D eigenvalue weighted by Crippen LogP contribution is -2.26. The van der Waals surface area contributed by atoms with E-state index in [1.165, 1.54) is 19.8 Å². The predicted molar refractivity (Wildman–Crippen MR) is 115 cm³/mol. The van der Waals surface area contributed by atoms with E-state index in [4.69, 9.17) is 14.2 Å². The van der Waals surface area contributed by atoms with Gasteiger partial charge < -0.3 is 14.2 Å². The van der Waals surface area contributed by atoms with Gasteiger partial charge in [-0.25, -0.2) is 9.97 Å². The first-order chi connectivity index (χ1) is 14.6. The molecule has 6 nitrogen and oxygen atoms in total. The Balaban J connectivity index is 1.35. The topological polar surface area (TPSA) is 70.5 Å². The lowest BCUT2D eigenvalue weighted by molar-refractivity contribution is -0.185. The summed E-state index contributed by atoms with van der Waals surface area (Å²) < 4.78 is 16.7. The van der Waals surface area contributed by atoms with Crippen molar-refractivity contribution in [3.8, 4) is 17.1 Å². The van der Waals surface area contributed by atoms with Crippen LogP contribution in [0.5, 0.6) is 5.75 Å². The van der Waals surface area contributed by atoms with E-state index >= 15 is 0 Å². The number of esters is 1. The SMILES string of the molecule is CC(=O)Oc1ccc(-c2ncc(CCCCCC(C)OC3CCCCO3)cn2)cc1. The van der Waals surface area contributed by atoms with Crippen molar-refractivity contribution in [2.75, 3.05) is 6.61 Å². The summed E-state index contributed by atoms with van der Waals surface area (Å²) in [5, 5.41) is 0. The van der Waals surface area contributed by atoms with Crippen LogP contribution in [0.15, 0.2) is 36.7 Å². The minimum atomic E-state index is -0.330. The molecule has 2 aromatic rings. The molecule has 2 unspecified atom stereocenters. The first kappa shape index (κ1) is 22.4. The van der Waals surface area contributed by atoms with E-state index in [1.54, 1.807) is 12.1 Å². The van der Waals surface area contributed by atoms with E-state index in [0.717, 1.165) is 56.3 Å². The Labute approximate surface area is 179 Å². The minimum Gasteiger partial charge on any atom is -0.427 e. The van der Waals surface area contributed by atoms with Gasteiger partial charge in [0, 0.05) is 31.5 Å². The van der Waals surface area contributed by atoms with Gasteiger partial charge in [0.1, 0.15) is 5.75 Å². The maximum absolute atomic E-state index is 11.0. The number of hydrogen-bond acceptors (Lipinski definition) is 6. The molecule has 30 heavy (non-hydrogen) atoms. The number of carbonyl (C=O) groups is 1. The number of ether oxygens (including phenoxy) is 3. The summed E-state index contributed by atoms with van der Waals surface area (Å²) in [4.78, 5) is 19.9. The zero-order valence-corrected chi connectivity index (χ0v) is 18.0. The third kappa shape index (κ3) is 7.50. The molecule has 162 valence electrons. The van der Waals surface area contributed by atoms with Crippen LogP contribution >= 0.6 is 0 Å². The molecular weight excluding hydrogens is 380 g/mol. The van der Waals surface area contributed by atoms with E-state index in [0.29, 0.717) is 11.6 Å². The molecule has 0 bridgehead atoms. The summed E-state index contributed by atoms with van der Waals surface area (Å²) in [6.45, 7) is 4.36. The third-order valence-corrected chi connectivity index (χ3v) is 5.18. The monoisotopic (exact) mass is 412 g/mol. The van der Waals surface area contributed by atoms with Crippen LogP contribution in [0.2, 0.25) is 0 Å². The quantitative estimate of drug-likeness (QED) is 0.307. The molecule has 0 amide bonds. The average molecular weight is 413 g/mol. The molecule has 2 atom stereocenters. The predicted octanol–water partition coefficient (Wildman–Crippen LogP) is 5.10. The van der Waals surface area contributed by atoms with Crippen molar-refractivity contribution in [2.45, 2.75) is 77.6 Å². The fourth-order valence-electron chi connectivity index (χ4n) is 3.55. The summed E-state index contributed by atoms with van der Waals surface area (Å²) >= 11 is 0. The van der Waals surface area contributed by atoms with E-state index in [1.807, 2.05) is 24.5 Å². The zero-order chi connectivity index (χ0) is 21.2. The summed E-state index contributed by atoms with van der Waals surface area (Å²) in [5.74, 6) is 0.862. The second kappa shape index (κ2) is 11.8. The lowest BCUT2D eigenvalue weighted by Gasteiger charge is -2.26. The van der Waals surface area contributed by atoms with Crippen LogP contribution in [0, 0.1) is 0 Å². The van der Waals surface area contributed by atoms with Gasteiger partial charge in [-0.3, -0.25) is 4.79 Å². The van der Waals surface area contributed by atoms with Crippen LogP contribution in [0.25, 0.3) is 11.4 Å². The van der Waals surface area contributed by atoms with Crippen molar-refractivity contribution < 1.29 is 19.0 Å². The van der Waals surface area contributed by atoms with Gasteiger partial charge in [0.15, 0.2) is 12.1 Å². The van der Waals surface area contributed by atoms with Gasteiger partial charge in [-0.15, -0.1) is 0 Å². The molecular formula is C24H32N2O4. The molecule has 0 radical (unpaired) electrons. The number of nitrogens with zero attached hydrogens (tertiary/aromatic N) is 2. The molecule has 0 N–H and O–H groups in total. The number of carbonyl (C=O) groups excluding carboxylic acids is 1. The van der Waals surface area contributed by atoms with Gasteiger partial charge >= 0.3 is 5.97 Å². The highest BCUT2D eigenvalue weighted by Gasteiger charge is 2.16. The van der Waals surface area contributed by atoms with E-state index in [2.05, 4.69) is 16.9 Å². The summed E-state index contributed by atoms with van der Waals surface area (Å²) in [6, 6.07) is 7.21. The maximum Gasteiger partial charge on any atom is 0.308 e. The van der Waals surface area contributed by atoms with Gasteiger partial charge in [-0.2, -0.15) is 0 Å². The highest BCUT2D eigenvalue weighted by atomic mass is 16.7. The number of unbranched alkanes of at least 4 members (excludes halogenated alkanes) is 2. The van der Waals surface area contributed by atoms with Gasteiger partial charge in [0.05, 0.1) is 6.10 Å². The maximum atomic E-state index is 11.0. The molecule has 0 spiro atoms. The second-order valence-corrected chi connectivity index (χ2v) is 7.88. The smallest absolute Gasteiger partial charge is 0.308 e. The van der Waals surface area contributed by atoms with Crippen molar-refractivity contribution in [1.82, 2.24) is 9.97 Å². The molecule has 6 heteroatoms. The number of rotatable bonds is 10. The second-order valence-electron chi connectivity index (χ2n) is 7.88. The highest BCUT2D eigenvalue weighted by Crippen LogP contribution is 2.20. The van der Waals surface area contributed by atoms with Crippen LogP contribution in [-0.4, -0.2) is 34.9 Å². The van der Waals surface area contributed by atoms with Crippen LogP contribution in [0.1, 0.15) is 64.4 Å². The molecule has 0 saturated carbocycles. The minimum absolute atomic E-state index is 0.00211. The molecule has 1 fully saturated rings. The Kier molecular flexibility index (Phi) is 8.78. The molecule has 2 heterocycles. The molecule has 1 aromatic heterocycles. The van der Waals surface area contributed by atoms with Gasteiger partial charge in [-0.05, 0) is 75.3 Å². The van der Waals surface area contributed by atoms with Crippen LogP contribution in [0.4, 0.5) is 0 Å². The van der Waals surface area contributed by atoms with Crippen molar-refractivity contribution in [3.63, 3.8) is 0 Å². The number of aryl methyl sites for hydroxylation is 1. The summed E-state index contributed by atoms with van der Waals surface area (Å²) in [6.07, 6.45) is 12.9. The fraction of sp³-hybridized carbons (Fsp3) is 0.542. The summed E-state index contributed by atoms with van der Waals surface area (Å²) in [5.41, 5.74) is 2.04. The summed E-state index contributed by atoms with van der Waals surface area (Å²) in [7, 11) is 0. The molecule has 1 aromatic carbocycles. The highest BCUT2D eigenvalue weighted by molar-refractivity contribution is 5.69. The Bertz CT molecular complexity index is 771. The third-order valence-electron chi connectivity index (χ3n) is 5.18. The van der Waals surface area contributed by atoms with Crippen molar-refractivity contribution >= 4 is 5.97 Å². The Morgan fingerprint density at radius 2 is 1.90 bits per heavy atom. The lowest BCUT2D eigenvalue weighted by atomic mass is 10.1. The number of benzene rings is 1. The van der Waals surface area contributed by atoms with Crippen molar-refractivity contribution in [3.05, 3.63) is 42.2 Å². The zero-order valence-electron chi connectivity index (χ0n) is 18.0. The van der Waals surface area contributed by atoms with Gasteiger partial charge in [-0.1, -0.05) is 12.8 Å². The van der Waals surface area contributed by atoms with Crippen molar-refractivity contribution in [2.24, 2.45) is 0 Å². The van der Waals surface area contributed by atoms with Crippen LogP contribution < -0.4 is 4.74 Å². The van der Waals surface area contributed by atoms with E-state index < -0.39 is 0 Å². The first-order valence-corrected chi connectivity index (χ1v) is 11.0. The normalized spacial score (nSPS) is 17.5. The number of hydrogen-bond donors (Lipinski definition) is 0. The van der Waals surface area contributed by atoms with Gasteiger partial charge in [0.25, 0.3) is 0 Å². The molecule has 1 saturated heterocycles. The van der Waals surface area contributed by atoms with E-state index in [-0.39, 0.29) is 18.4 Å². The van der Waals surface area contributed by atoms with Crippen LogP contribution in [-0.2, 0) is 20.7 Å².